The highest BCUT2D eigenvalue weighted by Gasteiger charge is 2.29. The Kier molecular flexibility index (Phi) is 4.36. The van der Waals surface area contributed by atoms with Crippen LogP contribution < -0.4 is 5.73 Å². The summed E-state index contributed by atoms with van der Waals surface area (Å²) >= 11 is 5.98. The minimum absolute atomic E-state index is 0.00914. The molecule has 0 saturated carbocycles. The first kappa shape index (κ1) is 14.7. The molecule has 2 aliphatic heterocycles. The number of carbonyl (C=O) groups is 1. The number of piperidine rings is 1. The van der Waals surface area contributed by atoms with Crippen molar-refractivity contribution >= 4 is 23.2 Å². The summed E-state index contributed by atoms with van der Waals surface area (Å²) in [5.74, 6) is 0.00914. The zero-order valence-corrected chi connectivity index (χ0v) is 13.0. The molecule has 2 aliphatic rings. The third kappa shape index (κ3) is 3.16. The highest BCUT2D eigenvalue weighted by molar-refractivity contribution is 6.31. The van der Waals surface area contributed by atoms with Gasteiger partial charge in [0.1, 0.15) is 0 Å². The first-order valence-corrected chi connectivity index (χ1v) is 8.11. The Hall–Kier alpha value is -1.26. The van der Waals surface area contributed by atoms with Gasteiger partial charge in [0.2, 0.25) is 0 Å². The normalized spacial score (nSPS) is 20.9. The predicted octanol–water partition coefficient (Wildman–Crippen LogP) is 2.62. The molecule has 2 fully saturated rings. The number of nitrogen functional groups attached to an aromatic ring is 1. The predicted molar refractivity (Wildman–Crippen MR) is 85.6 cm³/mol. The number of halogens is 1. The van der Waals surface area contributed by atoms with Gasteiger partial charge in [0.15, 0.2) is 0 Å². The highest BCUT2D eigenvalue weighted by Crippen LogP contribution is 2.24. The van der Waals surface area contributed by atoms with Crippen LogP contribution in [0.1, 0.15) is 36.0 Å². The molecule has 0 radical (unpaired) electrons. The van der Waals surface area contributed by atoms with Crippen LogP contribution >= 0.6 is 11.6 Å². The molecule has 4 nitrogen and oxygen atoms in total. The number of nitrogens with zero attached hydrogens (tertiary/aromatic N) is 2. The molecule has 21 heavy (non-hydrogen) atoms. The Balaban J connectivity index is 1.63. The molecule has 0 unspecified atom stereocenters. The summed E-state index contributed by atoms with van der Waals surface area (Å²) < 4.78 is 0. The number of benzene rings is 1. The second-order valence-corrected chi connectivity index (χ2v) is 6.43. The van der Waals surface area contributed by atoms with Crippen LogP contribution in [0.2, 0.25) is 5.02 Å². The van der Waals surface area contributed by atoms with Gasteiger partial charge in [-0.1, -0.05) is 11.6 Å². The lowest BCUT2D eigenvalue weighted by atomic mass is 10.0. The third-order valence-corrected chi connectivity index (χ3v) is 4.89. The molecule has 5 heteroatoms. The summed E-state index contributed by atoms with van der Waals surface area (Å²) in [7, 11) is 0. The average Bonchev–Trinajstić information content (AvgIpc) is 3.03. The van der Waals surface area contributed by atoms with E-state index in [0.717, 1.165) is 25.9 Å². The number of hydrogen-bond donors (Lipinski definition) is 1. The van der Waals surface area contributed by atoms with Crippen LogP contribution in [0.4, 0.5) is 5.69 Å². The summed E-state index contributed by atoms with van der Waals surface area (Å²) in [6, 6.07) is 5.74. The van der Waals surface area contributed by atoms with Crippen molar-refractivity contribution in [2.24, 2.45) is 0 Å². The van der Waals surface area contributed by atoms with Gasteiger partial charge >= 0.3 is 0 Å². The van der Waals surface area contributed by atoms with Crippen molar-refractivity contribution in [3.63, 3.8) is 0 Å². The van der Waals surface area contributed by atoms with E-state index >= 15 is 0 Å². The maximum atomic E-state index is 12.6. The number of nitrogens with two attached hydrogens (primary N) is 1. The van der Waals surface area contributed by atoms with Crippen LogP contribution in [-0.4, -0.2) is 47.9 Å². The fourth-order valence-electron chi connectivity index (χ4n) is 3.42. The fraction of sp³-hybridized carbons (Fsp3) is 0.562. The van der Waals surface area contributed by atoms with E-state index in [1.54, 1.807) is 18.2 Å². The minimum Gasteiger partial charge on any atom is -0.398 e. The molecule has 0 atom stereocenters. The fourth-order valence-corrected chi connectivity index (χ4v) is 3.60. The van der Waals surface area contributed by atoms with Crippen molar-refractivity contribution in [2.45, 2.75) is 31.7 Å². The second kappa shape index (κ2) is 6.24. The van der Waals surface area contributed by atoms with Gasteiger partial charge in [-0.15, -0.1) is 0 Å². The molecule has 2 saturated heterocycles. The van der Waals surface area contributed by atoms with E-state index in [0.29, 0.717) is 22.3 Å². The first-order valence-electron chi connectivity index (χ1n) is 7.73. The molecular weight excluding hydrogens is 286 g/mol. The molecule has 2 heterocycles. The van der Waals surface area contributed by atoms with Gasteiger partial charge in [-0.2, -0.15) is 0 Å². The molecule has 0 bridgehead atoms. The average molecular weight is 308 g/mol. The first-order chi connectivity index (χ1) is 10.1. The van der Waals surface area contributed by atoms with Crippen LogP contribution in [0.5, 0.6) is 0 Å². The Morgan fingerprint density at radius 2 is 1.81 bits per heavy atom. The maximum Gasteiger partial charge on any atom is 0.255 e. The number of carbonyl (C=O) groups excluding carboxylic acids is 1. The van der Waals surface area contributed by atoms with Crippen molar-refractivity contribution in [1.82, 2.24) is 9.80 Å². The van der Waals surface area contributed by atoms with Gasteiger partial charge < -0.3 is 15.5 Å². The van der Waals surface area contributed by atoms with Crippen molar-refractivity contribution in [3.05, 3.63) is 28.8 Å². The monoisotopic (exact) mass is 307 g/mol. The van der Waals surface area contributed by atoms with Crippen LogP contribution in [0.25, 0.3) is 0 Å². The Labute approximate surface area is 130 Å². The van der Waals surface area contributed by atoms with Gasteiger partial charge in [-0.25, -0.2) is 0 Å². The van der Waals surface area contributed by atoms with Crippen molar-refractivity contribution in [3.8, 4) is 0 Å². The lowest BCUT2D eigenvalue weighted by molar-refractivity contribution is 0.0645. The number of anilines is 1. The minimum atomic E-state index is 0.00914. The summed E-state index contributed by atoms with van der Waals surface area (Å²) in [5, 5.41) is 0.555. The molecule has 0 aromatic heterocycles. The lowest BCUT2D eigenvalue weighted by Crippen LogP contribution is -2.46. The number of rotatable bonds is 2. The van der Waals surface area contributed by atoms with E-state index in [-0.39, 0.29) is 5.91 Å². The van der Waals surface area contributed by atoms with Crippen molar-refractivity contribution in [1.29, 1.82) is 0 Å². The standard InChI is InChI=1S/C16H22ClN3O/c17-12-3-4-15(18)14(11-12)16(21)20-9-5-13(6-10-20)19-7-1-2-8-19/h3-4,11,13H,1-2,5-10,18H2. The Morgan fingerprint density at radius 3 is 2.48 bits per heavy atom. The van der Waals surface area contributed by atoms with Crippen molar-refractivity contribution < 1.29 is 4.79 Å². The number of hydrogen-bond acceptors (Lipinski definition) is 3. The summed E-state index contributed by atoms with van der Waals surface area (Å²) in [4.78, 5) is 17.1. The largest absolute Gasteiger partial charge is 0.398 e. The molecule has 1 aromatic carbocycles. The lowest BCUT2D eigenvalue weighted by Gasteiger charge is -2.36. The highest BCUT2D eigenvalue weighted by atomic mass is 35.5. The smallest absolute Gasteiger partial charge is 0.255 e. The Bertz CT molecular complexity index is 520. The van der Waals surface area contributed by atoms with Gasteiger partial charge in [-0.05, 0) is 57.0 Å². The van der Waals surface area contributed by atoms with E-state index in [4.69, 9.17) is 17.3 Å². The summed E-state index contributed by atoms with van der Waals surface area (Å²) in [6.07, 6.45) is 4.76. The molecule has 1 aromatic rings. The van der Waals surface area contributed by atoms with Gasteiger partial charge in [0.25, 0.3) is 5.91 Å². The zero-order valence-electron chi connectivity index (χ0n) is 12.2. The van der Waals surface area contributed by atoms with E-state index < -0.39 is 0 Å². The second-order valence-electron chi connectivity index (χ2n) is 6.00. The quantitative estimate of drug-likeness (QED) is 0.855. The molecular formula is C16H22ClN3O. The molecule has 0 spiro atoms. The van der Waals surface area contributed by atoms with Crippen molar-refractivity contribution in [2.75, 3.05) is 31.9 Å². The zero-order chi connectivity index (χ0) is 14.8. The Morgan fingerprint density at radius 1 is 1.14 bits per heavy atom. The molecule has 2 N–H and O–H groups in total. The van der Waals surface area contributed by atoms with Gasteiger partial charge in [-0.3, -0.25) is 4.79 Å². The number of likely N-dealkylation sites (tertiary alicyclic amines) is 2. The SMILES string of the molecule is Nc1ccc(Cl)cc1C(=O)N1CCC(N2CCCC2)CC1. The number of amides is 1. The summed E-state index contributed by atoms with van der Waals surface area (Å²) in [6.45, 7) is 4.07. The molecule has 114 valence electrons. The van der Waals surface area contributed by atoms with E-state index in [1.807, 2.05) is 4.90 Å². The van der Waals surface area contributed by atoms with Gasteiger partial charge in [0, 0.05) is 29.8 Å². The van der Waals surface area contributed by atoms with E-state index in [2.05, 4.69) is 4.90 Å². The van der Waals surface area contributed by atoms with Crippen LogP contribution in [0, 0.1) is 0 Å². The molecule has 0 aliphatic carbocycles. The van der Waals surface area contributed by atoms with E-state index in [9.17, 15) is 4.79 Å². The third-order valence-electron chi connectivity index (χ3n) is 4.65. The van der Waals surface area contributed by atoms with Crippen LogP contribution in [0.15, 0.2) is 18.2 Å². The van der Waals surface area contributed by atoms with E-state index in [1.165, 1.54) is 25.9 Å². The molecule has 1 amide bonds. The summed E-state index contributed by atoms with van der Waals surface area (Å²) in [5.41, 5.74) is 6.94. The maximum absolute atomic E-state index is 12.6. The van der Waals surface area contributed by atoms with Gasteiger partial charge in [0.05, 0.1) is 5.56 Å². The topological polar surface area (TPSA) is 49.6 Å². The van der Waals surface area contributed by atoms with Crippen LogP contribution in [-0.2, 0) is 0 Å². The molecule has 3 rings (SSSR count). The van der Waals surface area contributed by atoms with Crippen LogP contribution in [0.3, 0.4) is 0 Å².